The van der Waals surface area contributed by atoms with E-state index in [4.69, 9.17) is 18.9 Å². The van der Waals surface area contributed by atoms with E-state index in [9.17, 15) is 24.3 Å². The minimum Gasteiger partial charge on any atom is -0.459 e. The molecule has 41 heavy (non-hydrogen) atoms. The van der Waals surface area contributed by atoms with Gasteiger partial charge < -0.3 is 29.4 Å². The van der Waals surface area contributed by atoms with Crippen molar-refractivity contribution in [1.82, 2.24) is 5.32 Å². The fraction of sp³-hybridized carbons (Fsp3) is 0.290. The molecule has 0 aromatic heterocycles. The van der Waals surface area contributed by atoms with Crippen molar-refractivity contribution >= 4 is 23.8 Å². The van der Waals surface area contributed by atoms with Crippen LogP contribution in [0.3, 0.4) is 0 Å². The molecular formula is C31H33NO9. The zero-order chi connectivity index (χ0) is 29.8. The minimum atomic E-state index is -1.68. The van der Waals surface area contributed by atoms with Crippen LogP contribution in [0.4, 0.5) is 0 Å². The Morgan fingerprint density at radius 1 is 0.707 bits per heavy atom. The van der Waals surface area contributed by atoms with Gasteiger partial charge in [-0.25, -0.2) is 14.4 Å². The lowest BCUT2D eigenvalue weighted by molar-refractivity contribution is -0.131. The molecule has 5 atom stereocenters. The number of aliphatic hydroxyl groups is 1. The predicted molar refractivity (Wildman–Crippen MR) is 148 cm³/mol. The second-order valence-electron chi connectivity index (χ2n) is 9.17. The first kappa shape index (κ1) is 31.0. The van der Waals surface area contributed by atoms with Crippen LogP contribution in [0.15, 0.2) is 91.0 Å². The van der Waals surface area contributed by atoms with Crippen molar-refractivity contribution in [3.63, 3.8) is 0 Å². The molecule has 0 aliphatic rings. The highest BCUT2D eigenvalue weighted by molar-refractivity contribution is 5.91. The molecule has 0 aliphatic heterocycles. The fourth-order valence-corrected chi connectivity index (χ4v) is 4.00. The van der Waals surface area contributed by atoms with E-state index in [0.29, 0.717) is 0 Å². The quantitative estimate of drug-likeness (QED) is 0.237. The molecule has 2 N–H and O–H groups in total. The zero-order valence-corrected chi connectivity index (χ0v) is 23.0. The molecule has 1 amide bonds. The Bertz CT molecular complexity index is 1280. The number of ether oxygens (including phenoxy) is 4. The van der Waals surface area contributed by atoms with Crippen molar-refractivity contribution in [1.29, 1.82) is 0 Å². The maximum atomic E-state index is 13.2. The average molecular weight is 564 g/mol. The summed E-state index contributed by atoms with van der Waals surface area (Å²) in [5.41, 5.74) is 0.589. The van der Waals surface area contributed by atoms with Gasteiger partial charge in [0.2, 0.25) is 5.91 Å². The molecule has 216 valence electrons. The van der Waals surface area contributed by atoms with Crippen molar-refractivity contribution in [2.75, 3.05) is 13.7 Å². The van der Waals surface area contributed by atoms with E-state index in [-0.39, 0.29) is 16.7 Å². The lowest BCUT2D eigenvalue weighted by Gasteiger charge is -2.37. The van der Waals surface area contributed by atoms with Gasteiger partial charge in [-0.15, -0.1) is 0 Å². The van der Waals surface area contributed by atoms with E-state index >= 15 is 0 Å². The van der Waals surface area contributed by atoms with E-state index < -0.39 is 60.9 Å². The highest BCUT2D eigenvalue weighted by Gasteiger charge is 2.43. The number of methoxy groups -OCH3 is 1. The van der Waals surface area contributed by atoms with Gasteiger partial charge in [0.05, 0.1) is 28.8 Å². The van der Waals surface area contributed by atoms with Gasteiger partial charge in [0.25, 0.3) is 0 Å². The van der Waals surface area contributed by atoms with E-state index in [2.05, 4.69) is 5.32 Å². The summed E-state index contributed by atoms with van der Waals surface area (Å²) in [5, 5.41) is 14.0. The number of aliphatic hydroxyl groups excluding tert-OH is 1. The molecule has 3 aromatic rings. The topological polar surface area (TPSA) is 137 Å². The molecule has 3 rings (SSSR count). The van der Waals surface area contributed by atoms with Gasteiger partial charge in [-0.3, -0.25) is 4.79 Å². The molecule has 0 saturated heterocycles. The lowest BCUT2D eigenvalue weighted by atomic mass is 9.96. The number of nitrogens with one attached hydrogen (secondary N) is 1. The normalized spacial score (nSPS) is 14.4. The average Bonchev–Trinajstić information content (AvgIpc) is 3.00. The van der Waals surface area contributed by atoms with Crippen LogP contribution >= 0.6 is 0 Å². The Kier molecular flexibility index (Phi) is 11.6. The number of esters is 3. The molecule has 0 aliphatic carbocycles. The van der Waals surface area contributed by atoms with Gasteiger partial charge in [0.1, 0.15) is 12.7 Å². The first-order valence-electron chi connectivity index (χ1n) is 12.9. The number of carbonyl (C=O) groups excluding carboxylic acids is 4. The summed E-state index contributed by atoms with van der Waals surface area (Å²) < 4.78 is 22.3. The molecule has 10 heteroatoms. The number of hydrogen-bond donors (Lipinski definition) is 2. The number of amides is 1. The highest BCUT2D eigenvalue weighted by atomic mass is 16.6. The SMILES string of the molecule is CO[C@H](C)[C@@H](NC(C)=O)C(OC(=O)c1ccccc1)[C@@H](OC(=O)c1ccccc1)C(O)COC(=O)c1ccccc1. The predicted octanol–water partition coefficient (Wildman–Crippen LogP) is 3.20. The second-order valence-corrected chi connectivity index (χ2v) is 9.17. The van der Waals surface area contributed by atoms with Crippen LogP contribution < -0.4 is 5.32 Å². The first-order chi connectivity index (χ1) is 19.7. The number of hydrogen-bond acceptors (Lipinski definition) is 9. The minimum absolute atomic E-state index is 0.162. The van der Waals surface area contributed by atoms with E-state index in [1.807, 2.05) is 0 Å². The zero-order valence-electron chi connectivity index (χ0n) is 23.0. The molecule has 0 heterocycles. The summed E-state index contributed by atoms with van der Waals surface area (Å²) in [5.74, 6) is -2.85. The Morgan fingerprint density at radius 2 is 1.12 bits per heavy atom. The maximum Gasteiger partial charge on any atom is 0.338 e. The third kappa shape index (κ3) is 8.99. The van der Waals surface area contributed by atoms with Crippen LogP contribution in [0.25, 0.3) is 0 Å². The fourth-order valence-electron chi connectivity index (χ4n) is 4.00. The summed E-state index contributed by atoms with van der Waals surface area (Å²) in [4.78, 5) is 51.1. The molecule has 0 radical (unpaired) electrons. The van der Waals surface area contributed by atoms with Gasteiger partial charge in [-0.2, -0.15) is 0 Å². The van der Waals surface area contributed by atoms with Crippen molar-refractivity contribution in [3.8, 4) is 0 Å². The van der Waals surface area contributed by atoms with Crippen LogP contribution in [0.2, 0.25) is 0 Å². The summed E-state index contributed by atoms with van der Waals surface area (Å²) in [6.45, 7) is 2.25. The van der Waals surface area contributed by atoms with Crippen molar-refractivity contribution in [2.45, 2.75) is 44.3 Å². The summed E-state index contributed by atoms with van der Waals surface area (Å²) in [7, 11) is 1.39. The Balaban J connectivity index is 1.99. The number of rotatable bonds is 13. The lowest BCUT2D eigenvalue weighted by Crippen LogP contribution is -2.59. The van der Waals surface area contributed by atoms with E-state index in [0.717, 1.165) is 0 Å². The summed E-state index contributed by atoms with van der Waals surface area (Å²) in [6.07, 6.45) is -5.53. The van der Waals surface area contributed by atoms with Gasteiger partial charge in [-0.05, 0) is 43.3 Å². The summed E-state index contributed by atoms with van der Waals surface area (Å²) in [6, 6.07) is 23.1. The van der Waals surface area contributed by atoms with Crippen LogP contribution in [0, 0.1) is 0 Å². The third-order valence-corrected chi connectivity index (χ3v) is 6.20. The molecule has 3 aromatic carbocycles. The van der Waals surface area contributed by atoms with Crippen molar-refractivity contribution in [2.24, 2.45) is 0 Å². The van der Waals surface area contributed by atoms with Crippen LogP contribution in [-0.4, -0.2) is 73.1 Å². The van der Waals surface area contributed by atoms with Crippen LogP contribution in [-0.2, 0) is 23.7 Å². The third-order valence-electron chi connectivity index (χ3n) is 6.20. The molecule has 10 nitrogen and oxygen atoms in total. The van der Waals surface area contributed by atoms with Crippen LogP contribution in [0.1, 0.15) is 44.9 Å². The molecule has 0 saturated carbocycles. The second kappa shape index (κ2) is 15.3. The van der Waals surface area contributed by atoms with E-state index in [1.165, 1.54) is 38.3 Å². The maximum absolute atomic E-state index is 13.2. The molecule has 0 fully saturated rings. The Morgan fingerprint density at radius 3 is 1.54 bits per heavy atom. The Labute approximate surface area is 238 Å². The largest absolute Gasteiger partial charge is 0.459 e. The highest BCUT2D eigenvalue weighted by Crippen LogP contribution is 2.22. The molecule has 0 spiro atoms. The van der Waals surface area contributed by atoms with Gasteiger partial charge >= 0.3 is 17.9 Å². The smallest absolute Gasteiger partial charge is 0.338 e. The standard InChI is InChI=1S/C31H33NO9/c1-20(38-3)26(32-21(2)33)28(41-31(37)24-17-11-6-12-18-24)27(40-30(36)23-15-9-5-10-16-23)25(34)19-39-29(35)22-13-7-4-8-14-22/h4-18,20,25-28,34H,19H2,1-3H3,(H,32,33)/t20-,25?,26-,27+,28?/m1/s1. The van der Waals surface area contributed by atoms with Crippen molar-refractivity contribution < 1.29 is 43.2 Å². The monoisotopic (exact) mass is 563 g/mol. The molecule has 0 bridgehead atoms. The van der Waals surface area contributed by atoms with Gasteiger partial charge in [0, 0.05) is 14.0 Å². The molecule has 2 unspecified atom stereocenters. The van der Waals surface area contributed by atoms with Crippen molar-refractivity contribution in [3.05, 3.63) is 108 Å². The van der Waals surface area contributed by atoms with E-state index in [1.54, 1.807) is 73.7 Å². The number of benzene rings is 3. The van der Waals surface area contributed by atoms with Gasteiger partial charge in [-0.1, -0.05) is 54.6 Å². The Hall–Kier alpha value is -4.54. The first-order valence-corrected chi connectivity index (χ1v) is 12.9. The number of carbonyl (C=O) groups is 4. The summed E-state index contributed by atoms with van der Waals surface area (Å²) >= 11 is 0. The molecular weight excluding hydrogens is 530 g/mol. The van der Waals surface area contributed by atoms with Gasteiger partial charge in [0.15, 0.2) is 12.2 Å². The van der Waals surface area contributed by atoms with Crippen LogP contribution in [0.5, 0.6) is 0 Å².